The minimum atomic E-state index is -1.69. The molecule has 0 saturated carbocycles. The summed E-state index contributed by atoms with van der Waals surface area (Å²) in [6.45, 7) is 0. The fourth-order valence-electron chi connectivity index (χ4n) is 0.986. The maximum atomic E-state index is 5.91. The molecule has 0 aromatic rings. The van der Waals surface area contributed by atoms with E-state index >= 15 is 0 Å². The number of allylic oxidation sites excluding steroid dienone is 4. The molecule has 1 aliphatic rings. The standard InChI is InChI=1S/C8H11.2ClH.Pt/c1-2-4-6-8-7-5-3-1;;;/h1-2,7H,3-6H2;2*1H;/q;;;+1/p-2. The van der Waals surface area contributed by atoms with E-state index in [0.717, 1.165) is 25.7 Å². The number of hydrogen-bond donors (Lipinski definition) is 0. The van der Waals surface area contributed by atoms with Crippen molar-refractivity contribution in [3.8, 4) is 0 Å². The predicted molar refractivity (Wildman–Crippen MR) is 47.4 cm³/mol. The molecule has 0 amide bonds. The third-order valence-corrected chi connectivity index (χ3v) is 6.19. The molecule has 0 atom stereocenters. The van der Waals surface area contributed by atoms with Gasteiger partial charge >= 0.3 is 81.9 Å². The molecule has 0 spiro atoms. The first-order chi connectivity index (χ1) is 5.30. The van der Waals surface area contributed by atoms with Crippen LogP contribution in [0.25, 0.3) is 0 Å². The van der Waals surface area contributed by atoms with Crippen molar-refractivity contribution in [2.75, 3.05) is 0 Å². The van der Waals surface area contributed by atoms with Crippen molar-refractivity contribution in [3.63, 3.8) is 0 Å². The molecule has 0 bridgehead atoms. The van der Waals surface area contributed by atoms with Gasteiger partial charge in [0.05, 0.1) is 0 Å². The van der Waals surface area contributed by atoms with Crippen molar-refractivity contribution in [2.24, 2.45) is 0 Å². The van der Waals surface area contributed by atoms with Crippen molar-refractivity contribution in [3.05, 3.63) is 22.2 Å². The first-order valence-electron chi connectivity index (χ1n) is 3.60. The normalized spacial score (nSPS) is 20.2. The molecule has 68 valence electrons. The number of halogens is 2. The van der Waals surface area contributed by atoms with Gasteiger partial charge in [0.15, 0.2) is 0 Å². The molecule has 0 nitrogen and oxygen atoms in total. The van der Waals surface area contributed by atoms with Crippen LogP contribution in [0.4, 0.5) is 0 Å². The van der Waals surface area contributed by atoms with Gasteiger partial charge in [-0.05, 0) is 0 Å². The van der Waals surface area contributed by atoms with Crippen LogP contribution in [0.5, 0.6) is 0 Å². The Kier molecular flexibility index (Phi) is 4.83. The van der Waals surface area contributed by atoms with Gasteiger partial charge in [0.2, 0.25) is 0 Å². The van der Waals surface area contributed by atoms with E-state index in [0.29, 0.717) is 0 Å². The molecule has 0 aliphatic heterocycles. The maximum absolute atomic E-state index is 5.91. The number of hydrogen-bond acceptors (Lipinski definition) is 0. The second kappa shape index (κ2) is 5.40. The monoisotopic (exact) mass is 372 g/mol. The van der Waals surface area contributed by atoms with Crippen LogP contribution in [0.15, 0.2) is 22.2 Å². The molecule has 0 N–H and O–H groups in total. The van der Waals surface area contributed by atoms with E-state index in [-0.39, 0.29) is 0 Å². The average molecular weight is 373 g/mol. The van der Waals surface area contributed by atoms with Crippen LogP contribution in [0.3, 0.4) is 0 Å². The van der Waals surface area contributed by atoms with Gasteiger partial charge < -0.3 is 0 Å². The quantitative estimate of drug-likeness (QED) is 0.612. The zero-order valence-corrected chi connectivity index (χ0v) is 9.92. The summed E-state index contributed by atoms with van der Waals surface area (Å²) in [5, 5.41) is 0. The van der Waals surface area contributed by atoms with Crippen LogP contribution in [-0.4, -0.2) is 0 Å². The molecular formula is C8H11Cl2Pt-. The van der Waals surface area contributed by atoms with Gasteiger partial charge in [0, 0.05) is 0 Å². The molecule has 0 unspecified atom stereocenters. The van der Waals surface area contributed by atoms with E-state index in [1.54, 1.807) is 0 Å². The Morgan fingerprint density at radius 1 is 1.09 bits per heavy atom. The summed E-state index contributed by atoms with van der Waals surface area (Å²) in [7, 11) is 11.8. The summed E-state index contributed by atoms with van der Waals surface area (Å²) < 4.78 is 1.34. The fourth-order valence-corrected chi connectivity index (χ4v) is 4.20. The van der Waals surface area contributed by atoms with Gasteiger partial charge in [0.1, 0.15) is 0 Å². The van der Waals surface area contributed by atoms with Crippen molar-refractivity contribution in [1.82, 2.24) is 0 Å². The van der Waals surface area contributed by atoms with E-state index in [4.69, 9.17) is 18.8 Å². The molecule has 0 aromatic carbocycles. The topological polar surface area (TPSA) is 0 Å². The van der Waals surface area contributed by atoms with Crippen molar-refractivity contribution >= 4 is 18.8 Å². The van der Waals surface area contributed by atoms with Crippen molar-refractivity contribution < 1.29 is 15.2 Å². The van der Waals surface area contributed by atoms with Crippen LogP contribution in [0, 0.1) is 0 Å². The molecule has 0 fully saturated rings. The van der Waals surface area contributed by atoms with Crippen molar-refractivity contribution in [1.29, 1.82) is 0 Å². The second-order valence-corrected chi connectivity index (χ2v) is 9.92. The van der Waals surface area contributed by atoms with E-state index in [1.807, 2.05) is 0 Å². The van der Waals surface area contributed by atoms with Gasteiger partial charge in [-0.1, -0.05) is 0 Å². The summed E-state index contributed by atoms with van der Waals surface area (Å²) >= 11 is -1.69. The van der Waals surface area contributed by atoms with Gasteiger partial charge in [-0.2, -0.15) is 0 Å². The van der Waals surface area contributed by atoms with E-state index in [1.165, 1.54) is 3.96 Å². The molecule has 1 aliphatic carbocycles. The predicted octanol–water partition coefficient (Wildman–Crippen LogP) is 3.93. The Balaban J connectivity index is 2.50. The molecule has 1 rings (SSSR count). The zero-order chi connectivity index (χ0) is 8.10. The fraction of sp³-hybridized carbons (Fsp3) is 0.500. The average Bonchev–Trinajstić information content (AvgIpc) is 1.84. The van der Waals surface area contributed by atoms with E-state index in [9.17, 15) is 0 Å². The first-order valence-corrected chi connectivity index (χ1v) is 10.4. The SMILES string of the molecule is [Cl][Pt-]([Cl])[C]1=CCCC=CCC1. The molecular weight excluding hydrogens is 362 g/mol. The summed E-state index contributed by atoms with van der Waals surface area (Å²) in [5.41, 5.74) is 0. The molecule has 0 radical (unpaired) electrons. The first kappa shape index (κ1) is 9.83. The molecule has 3 heteroatoms. The van der Waals surface area contributed by atoms with E-state index in [2.05, 4.69) is 18.2 Å². The summed E-state index contributed by atoms with van der Waals surface area (Å²) in [4.78, 5) is 0. The Morgan fingerprint density at radius 2 is 1.82 bits per heavy atom. The van der Waals surface area contributed by atoms with Gasteiger partial charge in [-0.15, -0.1) is 0 Å². The van der Waals surface area contributed by atoms with Crippen LogP contribution in [0.1, 0.15) is 25.7 Å². The molecule has 11 heavy (non-hydrogen) atoms. The third-order valence-electron chi connectivity index (χ3n) is 1.54. The molecule has 0 saturated heterocycles. The zero-order valence-electron chi connectivity index (χ0n) is 6.13. The Labute approximate surface area is 81.7 Å². The molecule has 0 aromatic heterocycles. The summed E-state index contributed by atoms with van der Waals surface area (Å²) in [5.74, 6) is 0. The Bertz CT molecular complexity index is 173. The van der Waals surface area contributed by atoms with Gasteiger partial charge in [0.25, 0.3) is 0 Å². The van der Waals surface area contributed by atoms with Crippen LogP contribution < -0.4 is 0 Å². The number of rotatable bonds is 1. The van der Waals surface area contributed by atoms with Gasteiger partial charge in [-0.25, -0.2) is 0 Å². The molecule has 0 heterocycles. The van der Waals surface area contributed by atoms with Crippen LogP contribution in [0.2, 0.25) is 0 Å². The van der Waals surface area contributed by atoms with E-state index < -0.39 is 15.2 Å². The third kappa shape index (κ3) is 3.78. The Morgan fingerprint density at radius 3 is 2.55 bits per heavy atom. The van der Waals surface area contributed by atoms with Crippen molar-refractivity contribution in [2.45, 2.75) is 25.7 Å². The second-order valence-electron chi connectivity index (χ2n) is 2.36. The van der Waals surface area contributed by atoms with Crippen LogP contribution >= 0.6 is 18.8 Å². The van der Waals surface area contributed by atoms with Crippen LogP contribution in [-0.2, 0) is 15.2 Å². The minimum absolute atomic E-state index is 1.08. The summed E-state index contributed by atoms with van der Waals surface area (Å²) in [6, 6.07) is 0. The summed E-state index contributed by atoms with van der Waals surface area (Å²) in [6.07, 6.45) is 11.1. The Hall–Kier alpha value is 0.748. The van der Waals surface area contributed by atoms with Gasteiger partial charge in [-0.3, -0.25) is 0 Å².